The normalized spacial score (nSPS) is 19.4. The first-order valence-electron chi connectivity index (χ1n) is 10.6. The number of carbonyl (C=O) groups excluding carboxylic acids is 2. The Morgan fingerprint density at radius 2 is 1.97 bits per heavy atom. The average molecular weight is 496 g/mol. The number of ether oxygens (including phenoxy) is 1. The summed E-state index contributed by atoms with van der Waals surface area (Å²) in [6, 6.07) is 8.30. The number of carbonyl (C=O) groups is 2. The molecule has 1 atom stereocenters. The summed E-state index contributed by atoms with van der Waals surface area (Å²) in [6.07, 6.45) is 0.574. The molecule has 33 heavy (non-hydrogen) atoms. The molecule has 0 aromatic heterocycles. The highest BCUT2D eigenvalue weighted by Crippen LogP contribution is 2.34. The molecular weight excluding hydrogens is 473 g/mol. The first-order valence-corrected chi connectivity index (χ1v) is 12.4. The molecule has 0 saturated carbocycles. The van der Waals surface area contributed by atoms with Gasteiger partial charge in [0.1, 0.15) is 11.6 Å². The van der Waals surface area contributed by atoms with Crippen molar-refractivity contribution in [2.45, 2.75) is 37.2 Å². The average Bonchev–Trinajstić information content (AvgIpc) is 2.80. The second-order valence-corrected chi connectivity index (χ2v) is 10.3. The molecule has 0 radical (unpaired) electrons. The number of nitrogens with zero attached hydrogens (tertiary/aromatic N) is 1. The molecule has 0 unspecified atom stereocenters. The van der Waals surface area contributed by atoms with Crippen LogP contribution < -0.4 is 15.4 Å². The van der Waals surface area contributed by atoms with Crippen molar-refractivity contribution in [1.29, 1.82) is 0 Å². The van der Waals surface area contributed by atoms with Gasteiger partial charge in [-0.1, -0.05) is 18.5 Å². The van der Waals surface area contributed by atoms with Crippen LogP contribution in [0.15, 0.2) is 41.3 Å². The van der Waals surface area contributed by atoms with Crippen LogP contribution in [0, 0.1) is 11.7 Å². The van der Waals surface area contributed by atoms with Crippen LogP contribution in [0.2, 0.25) is 5.02 Å². The minimum Gasteiger partial charge on any atom is -0.478 e. The Bertz CT molecular complexity index is 1200. The third-order valence-corrected chi connectivity index (χ3v) is 7.98. The van der Waals surface area contributed by atoms with E-state index in [-0.39, 0.29) is 40.7 Å². The van der Waals surface area contributed by atoms with Gasteiger partial charge in [-0.15, -0.1) is 0 Å². The van der Waals surface area contributed by atoms with Gasteiger partial charge in [0.05, 0.1) is 15.6 Å². The van der Waals surface area contributed by atoms with E-state index >= 15 is 0 Å². The molecule has 4 rings (SSSR count). The summed E-state index contributed by atoms with van der Waals surface area (Å²) in [5.74, 6) is -1.12. The summed E-state index contributed by atoms with van der Waals surface area (Å²) in [4.78, 5) is 24.7. The van der Waals surface area contributed by atoms with Gasteiger partial charge in [-0.05, 0) is 55.7 Å². The van der Waals surface area contributed by atoms with E-state index in [4.69, 9.17) is 16.3 Å². The Morgan fingerprint density at radius 1 is 1.24 bits per heavy atom. The summed E-state index contributed by atoms with van der Waals surface area (Å²) >= 11 is 5.75. The van der Waals surface area contributed by atoms with Gasteiger partial charge in [0.15, 0.2) is 6.10 Å². The molecule has 0 bridgehead atoms. The third kappa shape index (κ3) is 4.83. The van der Waals surface area contributed by atoms with E-state index in [0.717, 1.165) is 0 Å². The number of piperidine rings is 1. The lowest BCUT2D eigenvalue weighted by molar-refractivity contribution is -0.123. The highest BCUT2D eigenvalue weighted by atomic mass is 35.5. The quantitative estimate of drug-likeness (QED) is 0.659. The van der Waals surface area contributed by atoms with Gasteiger partial charge >= 0.3 is 0 Å². The summed E-state index contributed by atoms with van der Waals surface area (Å²) in [7, 11) is -3.81. The van der Waals surface area contributed by atoms with Gasteiger partial charge in [0.25, 0.3) is 5.91 Å². The smallest absolute Gasteiger partial charge is 0.265 e. The Labute approximate surface area is 196 Å². The van der Waals surface area contributed by atoms with Crippen molar-refractivity contribution in [3.63, 3.8) is 0 Å². The maximum atomic E-state index is 13.3. The number of anilines is 2. The monoisotopic (exact) mass is 495 g/mol. The summed E-state index contributed by atoms with van der Waals surface area (Å²) in [5, 5.41) is 5.30. The molecule has 8 nitrogen and oxygen atoms in total. The van der Waals surface area contributed by atoms with Crippen molar-refractivity contribution in [1.82, 2.24) is 4.31 Å². The minimum absolute atomic E-state index is 0.0453. The SMILES string of the molecule is CC[C@H]1Oc2ccc(S(=O)(=O)N3CCC(C(=O)Nc4ccc(F)c(Cl)c4)CC3)cc2NC1=O. The highest BCUT2D eigenvalue weighted by Gasteiger charge is 2.34. The van der Waals surface area contributed by atoms with Crippen molar-refractivity contribution >= 4 is 44.8 Å². The van der Waals surface area contributed by atoms with E-state index in [0.29, 0.717) is 36.4 Å². The zero-order chi connectivity index (χ0) is 23.8. The number of nitrogens with one attached hydrogen (secondary N) is 2. The number of hydrogen-bond acceptors (Lipinski definition) is 5. The van der Waals surface area contributed by atoms with E-state index in [1.807, 2.05) is 6.92 Å². The zero-order valence-corrected chi connectivity index (χ0v) is 19.4. The molecule has 2 heterocycles. The van der Waals surface area contributed by atoms with Gasteiger partial charge in [-0.2, -0.15) is 4.31 Å². The van der Waals surface area contributed by atoms with Crippen molar-refractivity contribution in [2.75, 3.05) is 23.7 Å². The van der Waals surface area contributed by atoms with Crippen LogP contribution in [-0.4, -0.2) is 43.7 Å². The predicted octanol–water partition coefficient (Wildman–Crippen LogP) is 3.63. The second kappa shape index (κ2) is 9.28. The van der Waals surface area contributed by atoms with Gasteiger partial charge in [0.2, 0.25) is 15.9 Å². The van der Waals surface area contributed by atoms with Crippen LogP contribution >= 0.6 is 11.6 Å². The number of fused-ring (bicyclic) bond motifs is 1. The molecule has 2 amide bonds. The second-order valence-electron chi connectivity index (χ2n) is 7.96. The molecule has 0 spiro atoms. The van der Waals surface area contributed by atoms with E-state index in [9.17, 15) is 22.4 Å². The van der Waals surface area contributed by atoms with Crippen molar-refractivity contribution in [3.05, 3.63) is 47.2 Å². The minimum atomic E-state index is -3.81. The number of hydrogen-bond donors (Lipinski definition) is 2. The Balaban J connectivity index is 1.41. The van der Waals surface area contributed by atoms with E-state index < -0.39 is 21.9 Å². The zero-order valence-electron chi connectivity index (χ0n) is 17.8. The van der Waals surface area contributed by atoms with Crippen molar-refractivity contribution in [3.8, 4) is 5.75 Å². The van der Waals surface area contributed by atoms with Crippen LogP contribution in [0.3, 0.4) is 0 Å². The van der Waals surface area contributed by atoms with Crippen LogP contribution in [0.5, 0.6) is 5.75 Å². The fraction of sp³-hybridized carbons (Fsp3) is 0.364. The third-order valence-electron chi connectivity index (χ3n) is 5.79. The maximum Gasteiger partial charge on any atom is 0.265 e. The molecule has 2 aliphatic rings. The summed E-state index contributed by atoms with van der Waals surface area (Å²) in [6.45, 7) is 2.16. The number of amides is 2. The lowest BCUT2D eigenvalue weighted by atomic mass is 9.97. The maximum absolute atomic E-state index is 13.3. The molecule has 1 fully saturated rings. The fourth-order valence-corrected chi connectivity index (χ4v) is 5.56. The number of rotatable bonds is 5. The van der Waals surface area contributed by atoms with Crippen LogP contribution in [0.25, 0.3) is 0 Å². The standard InChI is InChI=1S/C22H23ClFN3O5S/c1-2-19-22(29)26-18-12-15(4-6-20(18)32-19)33(30,31)27-9-7-13(8-10-27)21(28)25-14-3-5-17(24)16(23)11-14/h3-6,11-13,19H,2,7-10H2,1H3,(H,25,28)(H,26,29)/t19-/m1/s1. The lowest BCUT2D eigenvalue weighted by Crippen LogP contribution is -2.41. The number of benzene rings is 2. The molecule has 2 aliphatic heterocycles. The van der Waals surface area contributed by atoms with Crippen LogP contribution in [-0.2, 0) is 19.6 Å². The molecule has 0 aliphatic carbocycles. The molecule has 2 aromatic carbocycles. The molecular formula is C22H23ClFN3O5S. The molecule has 176 valence electrons. The van der Waals surface area contributed by atoms with Crippen LogP contribution in [0.4, 0.5) is 15.8 Å². The van der Waals surface area contributed by atoms with Crippen molar-refractivity contribution < 1.29 is 27.1 Å². The van der Waals surface area contributed by atoms with Crippen molar-refractivity contribution in [2.24, 2.45) is 5.92 Å². The molecule has 2 aromatic rings. The van der Waals surface area contributed by atoms with Gasteiger partial charge in [0, 0.05) is 24.7 Å². The lowest BCUT2D eigenvalue weighted by Gasteiger charge is -2.31. The first-order chi connectivity index (χ1) is 15.7. The topological polar surface area (TPSA) is 105 Å². The summed E-state index contributed by atoms with van der Waals surface area (Å²) in [5.41, 5.74) is 0.697. The molecule has 11 heteroatoms. The van der Waals surface area contributed by atoms with Gasteiger partial charge in [-0.25, -0.2) is 12.8 Å². The number of halogens is 2. The van der Waals surface area contributed by atoms with E-state index in [1.165, 1.54) is 34.6 Å². The Morgan fingerprint density at radius 3 is 2.64 bits per heavy atom. The molecule has 2 N–H and O–H groups in total. The first kappa shape index (κ1) is 23.5. The van der Waals surface area contributed by atoms with Gasteiger partial charge in [-0.3, -0.25) is 9.59 Å². The van der Waals surface area contributed by atoms with E-state index in [1.54, 1.807) is 6.07 Å². The largest absolute Gasteiger partial charge is 0.478 e. The van der Waals surface area contributed by atoms with E-state index in [2.05, 4.69) is 10.6 Å². The fourth-order valence-electron chi connectivity index (χ4n) is 3.88. The Kier molecular flexibility index (Phi) is 6.60. The highest BCUT2D eigenvalue weighted by molar-refractivity contribution is 7.89. The van der Waals surface area contributed by atoms with Crippen LogP contribution in [0.1, 0.15) is 26.2 Å². The molecule has 1 saturated heterocycles. The number of sulfonamides is 1. The van der Waals surface area contributed by atoms with Gasteiger partial charge < -0.3 is 15.4 Å². The predicted molar refractivity (Wildman–Crippen MR) is 121 cm³/mol. The Hall–Kier alpha value is -2.69. The summed E-state index contributed by atoms with van der Waals surface area (Å²) < 4.78 is 46.5.